The standard InChI is InChI=1S/C20H24N6O2S/c1-14-12-16(3)18(13-15(14)2)29(27,28)23-11-10-22-19-4-5-20(26-25-19)24-17-6-8-21-9-7-17/h4-9,12-13,23H,10-11H2,1-3H3,(H,22,25)(H,21,24,26). The lowest BCUT2D eigenvalue weighted by Gasteiger charge is -2.12. The van der Waals surface area contributed by atoms with Gasteiger partial charge in [0, 0.05) is 31.2 Å². The smallest absolute Gasteiger partial charge is 0.240 e. The zero-order valence-electron chi connectivity index (χ0n) is 16.6. The Morgan fingerprint density at radius 1 is 0.828 bits per heavy atom. The van der Waals surface area contributed by atoms with Gasteiger partial charge in [-0.3, -0.25) is 4.98 Å². The van der Waals surface area contributed by atoms with Crippen molar-refractivity contribution in [2.24, 2.45) is 0 Å². The van der Waals surface area contributed by atoms with E-state index >= 15 is 0 Å². The third-order valence-corrected chi connectivity index (χ3v) is 6.02. The summed E-state index contributed by atoms with van der Waals surface area (Å²) in [4.78, 5) is 4.27. The molecule has 0 unspecified atom stereocenters. The lowest BCUT2D eigenvalue weighted by molar-refractivity contribution is 0.582. The van der Waals surface area contributed by atoms with Crippen molar-refractivity contribution in [3.63, 3.8) is 0 Å². The molecule has 0 spiro atoms. The number of pyridine rings is 1. The average molecular weight is 413 g/mol. The van der Waals surface area contributed by atoms with E-state index in [0.717, 1.165) is 22.4 Å². The van der Waals surface area contributed by atoms with Gasteiger partial charge in [-0.1, -0.05) is 6.07 Å². The number of nitrogens with one attached hydrogen (secondary N) is 3. The second-order valence-electron chi connectivity index (χ2n) is 6.69. The second kappa shape index (κ2) is 8.97. The third kappa shape index (κ3) is 5.49. The first-order valence-corrected chi connectivity index (χ1v) is 10.7. The van der Waals surface area contributed by atoms with Crippen LogP contribution < -0.4 is 15.4 Å². The predicted molar refractivity (Wildman–Crippen MR) is 114 cm³/mol. The molecule has 0 aliphatic rings. The van der Waals surface area contributed by atoms with E-state index in [4.69, 9.17) is 0 Å². The van der Waals surface area contributed by atoms with Gasteiger partial charge in [0.1, 0.15) is 5.82 Å². The van der Waals surface area contributed by atoms with E-state index in [0.29, 0.717) is 23.1 Å². The number of hydrogen-bond donors (Lipinski definition) is 3. The molecule has 0 amide bonds. The van der Waals surface area contributed by atoms with Gasteiger partial charge in [0.2, 0.25) is 10.0 Å². The van der Waals surface area contributed by atoms with Crippen LogP contribution in [0.4, 0.5) is 17.3 Å². The van der Waals surface area contributed by atoms with Gasteiger partial charge in [0.05, 0.1) is 4.90 Å². The Bertz CT molecular complexity index is 1070. The first-order chi connectivity index (χ1) is 13.8. The first kappa shape index (κ1) is 20.7. The Hall–Kier alpha value is -3.04. The molecule has 152 valence electrons. The van der Waals surface area contributed by atoms with Gasteiger partial charge >= 0.3 is 0 Å². The minimum atomic E-state index is -3.57. The van der Waals surface area contributed by atoms with Crippen LogP contribution in [0.1, 0.15) is 16.7 Å². The summed E-state index contributed by atoms with van der Waals surface area (Å²) in [6, 6.07) is 10.8. The number of sulfonamides is 1. The van der Waals surface area contributed by atoms with Crippen molar-refractivity contribution < 1.29 is 8.42 Å². The molecule has 2 aromatic heterocycles. The van der Waals surface area contributed by atoms with Gasteiger partial charge < -0.3 is 10.6 Å². The van der Waals surface area contributed by atoms with E-state index in [1.807, 2.05) is 32.0 Å². The molecule has 0 bridgehead atoms. The maximum atomic E-state index is 12.6. The van der Waals surface area contributed by atoms with Crippen LogP contribution >= 0.6 is 0 Å². The summed E-state index contributed by atoms with van der Waals surface area (Å²) in [5, 5.41) is 14.4. The average Bonchev–Trinajstić information content (AvgIpc) is 2.70. The highest BCUT2D eigenvalue weighted by Gasteiger charge is 2.17. The molecule has 0 saturated carbocycles. The van der Waals surface area contributed by atoms with Gasteiger partial charge in [0.25, 0.3) is 0 Å². The molecule has 0 saturated heterocycles. The van der Waals surface area contributed by atoms with Crippen LogP contribution in [0.5, 0.6) is 0 Å². The highest BCUT2D eigenvalue weighted by atomic mass is 32.2. The summed E-state index contributed by atoms with van der Waals surface area (Å²) in [6.45, 7) is 6.29. The SMILES string of the molecule is Cc1cc(C)c(S(=O)(=O)NCCNc2ccc(Nc3ccncc3)nn2)cc1C. The molecule has 1 aromatic carbocycles. The minimum Gasteiger partial charge on any atom is -0.367 e. The van der Waals surface area contributed by atoms with Gasteiger partial charge in [-0.15, -0.1) is 10.2 Å². The van der Waals surface area contributed by atoms with Gasteiger partial charge in [-0.05, 0) is 67.8 Å². The van der Waals surface area contributed by atoms with E-state index in [1.54, 1.807) is 37.5 Å². The van der Waals surface area contributed by atoms with Gasteiger partial charge in [-0.2, -0.15) is 0 Å². The van der Waals surface area contributed by atoms with Crippen LogP contribution in [0.2, 0.25) is 0 Å². The lowest BCUT2D eigenvalue weighted by Crippen LogP contribution is -2.29. The first-order valence-electron chi connectivity index (χ1n) is 9.17. The molecule has 3 N–H and O–H groups in total. The molecular formula is C20H24N6O2S. The van der Waals surface area contributed by atoms with E-state index in [1.165, 1.54) is 0 Å². The molecule has 8 nitrogen and oxygen atoms in total. The van der Waals surface area contributed by atoms with Crippen LogP contribution in [-0.4, -0.2) is 36.7 Å². The number of benzene rings is 1. The maximum Gasteiger partial charge on any atom is 0.240 e. The fourth-order valence-corrected chi connectivity index (χ4v) is 4.09. The summed E-state index contributed by atoms with van der Waals surface area (Å²) in [7, 11) is -3.57. The Kier molecular flexibility index (Phi) is 6.40. The number of anilines is 3. The van der Waals surface area contributed by atoms with Crippen molar-refractivity contribution in [3.05, 3.63) is 65.5 Å². The molecule has 0 aliphatic heterocycles. The zero-order chi connectivity index (χ0) is 20.9. The van der Waals surface area contributed by atoms with Crippen molar-refractivity contribution >= 4 is 27.3 Å². The quantitative estimate of drug-likeness (QED) is 0.488. The third-order valence-electron chi connectivity index (χ3n) is 4.42. The molecule has 3 aromatic rings. The molecular weight excluding hydrogens is 388 g/mol. The molecule has 9 heteroatoms. The van der Waals surface area contributed by atoms with Crippen LogP contribution in [-0.2, 0) is 10.0 Å². The Morgan fingerprint density at radius 3 is 2.17 bits per heavy atom. The summed E-state index contributed by atoms with van der Waals surface area (Å²) >= 11 is 0. The molecule has 2 heterocycles. The van der Waals surface area contributed by atoms with Crippen molar-refractivity contribution in [2.75, 3.05) is 23.7 Å². The van der Waals surface area contributed by atoms with Crippen LogP contribution in [0.25, 0.3) is 0 Å². The molecule has 0 aliphatic carbocycles. The number of rotatable bonds is 8. The van der Waals surface area contributed by atoms with Crippen LogP contribution in [0, 0.1) is 20.8 Å². The fraction of sp³-hybridized carbons (Fsp3) is 0.250. The van der Waals surface area contributed by atoms with E-state index in [-0.39, 0.29) is 6.54 Å². The molecule has 0 radical (unpaired) electrons. The van der Waals surface area contributed by atoms with E-state index in [9.17, 15) is 8.42 Å². The van der Waals surface area contributed by atoms with Crippen molar-refractivity contribution in [1.29, 1.82) is 0 Å². The Labute approximate surface area is 170 Å². The lowest BCUT2D eigenvalue weighted by atomic mass is 10.1. The zero-order valence-corrected chi connectivity index (χ0v) is 17.4. The van der Waals surface area contributed by atoms with Crippen molar-refractivity contribution in [3.8, 4) is 0 Å². The number of aromatic nitrogens is 3. The highest BCUT2D eigenvalue weighted by Crippen LogP contribution is 2.19. The summed E-state index contributed by atoms with van der Waals surface area (Å²) in [5.74, 6) is 1.17. The van der Waals surface area contributed by atoms with Crippen LogP contribution in [0.3, 0.4) is 0 Å². The molecule has 29 heavy (non-hydrogen) atoms. The van der Waals surface area contributed by atoms with Crippen molar-refractivity contribution in [1.82, 2.24) is 19.9 Å². The van der Waals surface area contributed by atoms with Crippen molar-refractivity contribution in [2.45, 2.75) is 25.7 Å². The highest BCUT2D eigenvalue weighted by molar-refractivity contribution is 7.89. The number of hydrogen-bond acceptors (Lipinski definition) is 7. The number of aryl methyl sites for hydroxylation is 3. The minimum absolute atomic E-state index is 0.230. The van der Waals surface area contributed by atoms with E-state index < -0.39 is 10.0 Å². The molecule has 3 rings (SSSR count). The number of nitrogens with zero attached hydrogens (tertiary/aromatic N) is 3. The summed E-state index contributed by atoms with van der Waals surface area (Å²) in [5.41, 5.74) is 3.62. The predicted octanol–water partition coefficient (Wildman–Crippen LogP) is 2.93. The Balaban J connectivity index is 1.52. The Morgan fingerprint density at radius 2 is 1.48 bits per heavy atom. The summed E-state index contributed by atoms with van der Waals surface area (Å²) in [6.07, 6.45) is 3.37. The van der Waals surface area contributed by atoms with Gasteiger partial charge in [0.15, 0.2) is 5.82 Å². The molecule has 0 atom stereocenters. The fourth-order valence-electron chi connectivity index (χ4n) is 2.75. The van der Waals surface area contributed by atoms with E-state index in [2.05, 4.69) is 30.5 Å². The topological polar surface area (TPSA) is 109 Å². The second-order valence-corrected chi connectivity index (χ2v) is 8.43. The normalized spacial score (nSPS) is 11.3. The maximum absolute atomic E-state index is 12.6. The monoisotopic (exact) mass is 412 g/mol. The van der Waals surface area contributed by atoms with Crippen LogP contribution in [0.15, 0.2) is 53.7 Å². The largest absolute Gasteiger partial charge is 0.367 e. The van der Waals surface area contributed by atoms with Gasteiger partial charge in [-0.25, -0.2) is 13.1 Å². The molecule has 0 fully saturated rings. The summed E-state index contributed by atoms with van der Waals surface area (Å²) < 4.78 is 27.8.